The Labute approximate surface area is 221 Å². The number of rotatable bonds is 11. The Kier molecular flexibility index (Phi) is 8.82. The average molecular weight is 539 g/mol. The molecule has 1 N–H and O–H groups in total. The molecule has 4 rings (SSSR count). The fourth-order valence-corrected chi connectivity index (χ4v) is 6.30. The molecule has 1 heterocycles. The smallest absolute Gasteiger partial charge is 0.296 e. The predicted molar refractivity (Wildman–Crippen MR) is 143 cm³/mol. The molecule has 3 aromatic rings. The highest BCUT2D eigenvalue weighted by molar-refractivity contribution is 7.89. The molecule has 0 aliphatic carbocycles. The lowest BCUT2D eigenvalue weighted by molar-refractivity contribution is -0.396. The molecule has 0 radical (unpaired) electrons. The first-order chi connectivity index (χ1) is 18.2. The van der Waals surface area contributed by atoms with Gasteiger partial charge in [-0.2, -0.15) is 0 Å². The van der Waals surface area contributed by atoms with Gasteiger partial charge in [0.1, 0.15) is 0 Å². The largest absolute Gasteiger partial charge is 0.303 e. The van der Waals surface area contributed by atoms with Crippen LogP contribution < -0.4 is 4.72 Å². The second-order valence-electron chi connectivity index (χ2n) is 9.51. The second-order valence-corrected chi connectivity index (χ2v) is 11.2. The summed E-state index contributed by atoms with van der Waals surface area (Å²) >= 11 is 0. The fourth-order valence-electron chi connectivity index (χ4n) is 4.89. The topological polar surface area (TPSA) is 136 Å². The van der Waals surface area contributed by atoms with Gasteiger partial charge < -0.3 is 4.90 Å². The van der Waals surface area contributed by atoms with E-state index in [1.807, 2.05) is 24.3 Å². The number of piperidine rings is 1. The first-order valence-electron chi connectivity index (χ1n) is 12.5. The third-order valence-corrected chi connectivity index (χ3v) is 8.47. The van der Waals surface area contributed by atoms with Crippen molar-refractivity contribution in [3.63, 3.8) is 0 Å². The Morgan fingerprint density at radius 1 is 0.895 bits per heavy atom. The molecule has 10 nitrogen and oxygen atoms in total. The molecule has 1 aliphatic heterocycles. The van der Waals surface area contributed by atoms with E-state index in [0.717, 1.165) is 50.0 Å². The predicted octanol–water partition coefficient (Wildman–Crippen LogP) is 4.87. The van der Waals surface area contributed by atoms with E-state index in [1.165, 1.54) is 5.56 Å². The number of nitro benzene ring substituents is 2. The Morgan fingerprint density at radius 2 is 1.53 bits per heavy atom. The van der Waals surface area contributed by atoms with Crippen molar-refractivity contribution in [2.45, 2.75) is 36.6 Å². The number of likely N-dealkylation sites (tertiary alicyclic amines) is 1. The van der Waals surface area contributed by atoms with Crippen LogP contribution in [0.25, 0.3) is 0 Å². The van der Waals surface area contributed by atoms with E-state index in [2.05, 4.69) is 33.9 Å². The molecule has 0 aromatic heterocycles. The van der Waals surface area contributed by atoms with E-state index < -0.39 is 42.2 Å². The van der Waals surface area contributed by atoms with Gasteiger partial charge in [-0.05, 0) is 68.4 Å². The van der Waals surface area contributed by atoms with Gasteiger partial charge in [0.2, 0.25) is 10.0 Å². The molecule has 1 unspecified atom stereocenters. The van der Waals surface area contributed by atoms with Crippen LogP contribution in [-0.4, -0.2) is 42.8 Å². The second kappa shape index (κ2) is 12.2. The molecule has 3 aromatic carbocycles. The Bertz CT molecular complexity index is 1360. The normalized spacial score (nSPS) is 15.7. The van der Waals surface area contributed by atoms with Crippen LogP contribution in [0.3, 0.4) is 0 Å². The van der Waals surface area contributed by atoms with E-state index >= 15 is 0 Å². The van der Waals surface area contributed by atoms with Gasteiger partial charge in [0, 0.05) is 12.1 Å². The summed E-state index contributed by atoms with van der Waals surface area (Å²) in [4.78, 5) is 22.6. The minimum absolute atomic E-state index is 0.466. The standard InChI is InChI=1S/C27H30N4O6S/c32-30(33)24-11-12-27(26(20-24)31(34)35)38(36,37)28-25(23-9-5-2-6-10-23)15-18-29-16-13-22(14-17-29)19-21-7-3-1-4-8-21/h1-12,20,22,25,28H,13-19H2. The number of nitro groups is 2. The Hall–Kier alpha value is -3.67. The van der Waals surface area contributed by atoms with Crippen LogP contribution in [0.4, 0.5) is 11.4 Å². The van der Waals surface area contributed by atoms with Gasteiger partial charge in [-0.25, -0.2) is 13.1 Å². The summed E-state index contributed by atoms with van der Waals surface area (Å²) in [5.41, 5.74) is 0.689. The Morgan fingerprint density at radius 3 is 2.13 bits per heavy atom. The van der Waals surface area contributed by atoms with Crippen LogP contribution in [-0.2, 0) is 16.4 Å². The maximum Gasteiger partial charge on any atom is 0.296 e. The summed E-state index contributed by atoms with van der Waals surface area (Å²) in [5.74, 6) is 0.611. The molecule has 1 aliphatic rings. The van der Waals surface area contributed by atoms with Crippen molar-refractivity contribution in [2.75, 3.05) is 19.6 Å². The average Bonchev–Trinajstić information content (AvgIpc) is 2.92. The lowest BCUT2D eigenvalue weighted by Gasteiger charge is -2.33. The van der Waals surface area contributed by atoms with Gasteiger partial charge in [-0.3, -0.25) is 20.2 Å². The first-order valence-corrected chi connectivity index (χ1v) is 14.0. The highest BCUT2D eigenvalue weighted by Crippen LogP contribution is 2.30. The van der Waals surface area contributed by atoms with Gasteiger partial charge in [-0.1, -0.05) is 60.7 Å². The first kappa shape index (κ1) is 27.4. The molecule has 0 bridgehead atoms. The fraction of sp³-hybridized carbons (Fsp3) is 0.333. The molecule has 200 valence electrons. The minimum Gasteiger partial charge on any atom is -0.303 e. The van der Waals surface area contributed by atoms with Crippen LogP contribution in [0.5, 0.6) is 0 Å². The SMILES string of the molecule is O=[N+]([O-])c1ccc(S(=O)(=O)NC(CCN2CCC(Cc3ccccc3)CC2)c2ccccc2)c([N+](=O)[O-])c1. The van der Waals surface area contributed by atoms with Gasteiger partial charge in [0.15, 0.2) is 4.90 Å². The summed E-state index contributed by atoms with van der Waals surface area (Å²) < 4.78 is 29.2. The number of hydrogen-bond donors (Lipinski definition) is 1. The molecule has 1 atom stereocenters. The highest BCUT2D eigenvalue weighted by Gasteiger charge is 2.31. The molecule has 1 saturated heterocycles. The summed E-state index contributed by atoms with van der Waals surface area (Å²) in [7, 11) is -4.35. The molecular formula is C27H30N4O6S. The quantitative estimate of drug-likeness (QED) is 0.272. The van der Waals surface area contributed by atoms with E-state index in [1.54, 1.807) is 12.1 Å². The van der Waals surface area contributed by atoms with Crippen molar-refractivity contribution < 1.29 is 18.3 Å². The van der Waals surface area contributed by atoms with Crippen LogP contribution in [0, 0.1) is 26.1 Å². The lowest BCUT2D eigenvalue weighted by atomic mass is 9.90. The van der Waals surface area contributed by atoms with Crippen molar-refractivity contribution in [3.8, 4) is 0 Å². The zero-order valence-corrected chi connectivity index (χ0v) is 21.6. The molecule has 0 amide bonds. The number of sulfonamides is 1. The van der Waals surface area contributed by atoms with Crippen LogP contribution in [0.15, 0.2) is 83.8 Å². The third-order valence-electron chi connectivity index (χ3n) is 6.95. The van der Waals surface area contributed by atoms with Gasteiger partial charge in [0.25, 0.3) is 11.4 Å². The van der Waals surface area contributed by atoms with Crippen molar-refractivity contribution in [3.05, 3.63) is 110 Å². The van der Waals surface area contributed by atoms with E-state index in [4.69, 9.17) is 0 Å². The van der Waals surface area contributed by atoms with E-state index in [9.17, 15) is 28.6 Å². The zero-order chi connectivity index (χ0) is 27.1. The summed E-state index contributed by atoms with van der Waals surface area (Å²) in [6.07, 6.45) is 3.64. The number of benzene rings is 3. The van der Waals surface area contributed by atoms with Gasteiger partial charge in [0.05, 0.1) is 15.9 Å². The van der Waals surface area contributed by atoms with E-state index in [-0.39, 0.29) is 0 Å². The zero-order valence-electron chi connectivity index (χ0n) is 20.8. The number of nitrogens with one attached hydrogen (secondary N) is 1. The molecule has 0 spiro atoms. The third kappa shape index (κ3) is 7.00. The maximum atomic E-state index is 13.3. The molecule has 38 heavy (non-hydrogen) atoms. The lowest BCUT2D eigenvalue weighted by Crippen LogP contribution is -2.37. The Balaban J connectivity index is 1.45. The molecule has 1 fully saturated rings. The number of hydrogen-bond acceptors (Lipinski definition) is 7. The van der Waals surface area contributed by atoms with Crippen LogP contribution >= 0.6 is 0 Å². The van der Waals surface area contributed by atoms with Gasteiger partial charge >= 0.3 is 0 Å². The maximum absolute atomic E-state index is 13.3. The summed E-state index contributed by atoms with van der Waals surface area (Å²) in [6, 6.07) is 21.4. The van der Waals surface area contributed by atoms with Crippen LogP contribution in [0.2, 0.25) is 0 Å². The van der Waals surface area contributed by atoms with Crippen molar-refractivity contribution in [1.29, 1.82) is 0 Å². The molecule has 11 heteroatoms. The minimum atomic E-state index is -4.35. The van der Waals surface area contributed by atoms with Gasteiger partial charge in [-0.15, -0.1) is 0 Å². The van der Waals surface area contributed by atoms with Crippen molar-refractivity contribution in [1.82, 2.24) is 9.62 Å². The highest BCUT2D eigenvalue weighted by atomic mass is 32.2. The van der Waals surface area contributed by atoms with Crippen molar-refractivity contribution in [2.24, 2.45) is 5.92 Å². The number of non-ortho nitro benzene ring substituents is 1. The summed E-state index contributed by atoms with van der Waals surface area (Å²) in [6.45, 7) is 2.49. The molecule has 0 saturated carbocycles. The molecular weight excluding hydrogens is 508 g/mol. The van der Waals surface area contributed by atoms with E-state index in [0.29, 0.717) is 24.9 Å². The van der Waals surface area contributed by atoms with Crippen molar-refractivity contribution >= 4 is 21.4 Å². The summed E-state index contributed by atoms with van der Waals surface area (Å²) in [5, 5.41) is 22.6. The number of nitrogens with zero attached hydrogens (tertiary/aromatic N) is 3. The monoisotopic (exact) mass is 538 g/mol. The van der Waals surface area contributed by atoms with Crippen LogP contribution in [0.1, 0.15) is 36.4 Å².